The van der Waals surface area contributed by atoms with Gasteiger partial charge in [0.25, 0.3) is 10.0 Å². The van der Waals surface area contributed by atoms with Gasteiger partial charge in [-0.15, -0.1) is 0 Å². The molecule has 0 N–H and O–H groups in total. The summed E-state index contributed by atoms with van der Waals surface area (Å²) in [5.74, 6) is 0. The normalized spacial score (nSPS) is 23.9. The second-order valence-corrected chi connectivity index (χ2v) is 8.70. The van der Waals surface area contributed by atoms with E-state index >= 15 is 0 Å². The lowest BCUT2D eigenvalue weighted by Gasteiger charge is -2.44. The number of hydrogen-bond acceptors (Lipinski definition) is 4. The van der Waals surface area contributed by atoms with Crippen LogP contribution in [0.4, 0.5) is 0 Å². The second-order valence-electron chi connectivity index (χ2n) is 6.89. The molecule has 0 radical (unpaired) electrons. The molecule has 0 spiro atoms. The summed E-state index contributed by atoms with van der Waals surface area (Å²) in [4.78, 5) is 0.308. The largest absolute Gasteiger partial charge is 0.372 e. The Balaban J connectivity index is 2.08. The van der Waals surface area contributed by atoms with Gasteiger partial charge in [0.15, 0.2) is 0 Å². The van der Waals surface area contributed by atoms with Crippen molar-refractivity contribution in [1.82, 2.24) is 4.31 Å². The van der Waals surface area contributed by atoms with Crippen LogP contribution in [0.3, 0.4) is 0 Å². The predicted molar refractivity (Wildman–Crippen MR) is 101 cm³/mol. The van der Waals surface area contributed by atoms with Crippen LogP contribution in [-0.4, -0.2) is 38.3 Å². The van der Waals surface area contributed by atoms with Crippen molar-refractivity contribution in [2.45, 2.75) is 70.1 Å². The van der Waals surface area contributed by atoms with Crippen LogP contribution in [0, 0.1) is 6.92 Å². The first-order valence-electron chi connectivity index (χ1n) is 9.55. The maximum Gasteiger partial charge on any atom is 0.266 e. The van der Waals surface area contributed by atoms with E-state index in [2.05, 4.69) is 0 Å². The van der Waals surface area contributed by atoms with Gasteiger partial charge in [0.1, 0.15) is 6.23 Å². The summed E-state index contributed by atoms with van der Waals surface area (Å²) in [6, 6.07) is 7.04. The Morgan fingerprint density at radius 3 is 2.23 bits per heavy atom. The Kier molecular flexibility index (Phi) is 6.05. The summed E-state index contributed by atoms with van der Waals surface area (Å²) in [6.45, 7) is 6.86. The Labute approximate surface area is 157 Å². The third kappa shape index (κ3) is 3.68. The average molecular weight is 380 g/mol. The van der Waals surface area contributed by atoms with Crippen molar-refractivity contribution in [1.29, 1.82) is 0 Å². The lowest BCUT2D eigenvalue weighted by Crippen LogP contribution is -2.49. The summed E-state index contributed by atoms with van der Waals surface area (Å²) in [6.07, 6.45) is 3.78. The van der Waals surface area contributed by atoms with Gasteiger partial charge in [0, 0.05) is 13.2 Å². The number of aryl methyl sites for hydroxylation is 1. The molecule has 0 bridgehead atoms. The topological polar surface area (TPSA) is 55.8 Å². The number of nitrogens with zero attached hydrogens (tertiary/aromatic N) is 1. The van der Waals surface area contributed by atoms with Crippen LogP contribution >= 0.6 is 0 Å². The standard InChI is InChI=1S/C20H29NO4S/c1-4-24-18-13-14-19(25-5-2)21(20(18)16-7-6-8-16)26(22,23)17-11-9-15(3)10-12-17/h9-12,18-19H,4-8,13-14H2,1-3H3. The van der Waals surface area contributed by atoms with E-state index in [-0.39, 0.29) is 6.10 Å². The summed E-state index contributed by atoms with van der Waals surface area (Å²) in [5, 5.41) is 0. The van der Waals surface area contributed by atoms with E-state index in [9.17, 15) is 8.42 Å². The van der Waals surface area contributed by atoms with E-state index < -0.39 is 16.3 Å². The zero-order valence-electron chi connectivity index (χ0n) is 15.9. The zero-order valence-corrected chi connectivity index (χ0v) is 16.7. The molecule has 1 aromatic rings. The highest BCUT2D eigenvalue weighted by Crippen LogP contribution is 2.41. The Hall–Kier alpha value is -1.37. The van der Waals surface area contributed by atoms with E-state index in [0.717, 1.165) is 36.9 Å². The minimum absolute atomic E-state index is 0.174. The molecule has 1 aliphatic heterocycles. The van der Waals surface area contributed by atoms with Crippen LogP contribution < -0.4 is 0 Å². The highest BCUT2D eigenvalue weighted by atomic mass is 32.2. The van der Waals surface area contributed by atoms with Crippen molar-refractivity contribution in [3.8, 4) is 0 Å². The molecule has 1 saturated heterocycles. The van der Waals surface area contributed by atoms with Crippen molar-refractivity contribution in [3.63, 3.8) is 0 Å². The smallest absolute Gasteiger partial charge is 0.266 e. The highest BCUT2D eigenvalue weighted by molar-refractivity contribution is 7.89. The lowest BCUT2D eigenvalue weighted by molar-refractivity contribution is -0.0559. The molecule has 0 amide bonds. The molecule has 2 unspecified atom stereocenters. The van der Waals surface area contributed by atoms with Crippen LogP contribution in [-0.2, 0) is 19.5 Å². The molecule has 2 aliphatic rings. The van der Waals surface area contributed by atoms with Crippen molar-refractivity contribution in [3.05, 3.63) is 41.1 Å². The number of ether oxygens (including phenoxy) is 2. The number of rotatable bonds is 6. The van der Waals surface area contributed by atoms with Gasteiger partial charge in [-0.3, -0.25) is 0 Å². The van der Waals surface area contributed by atoms with Gasteiger partial charge in [0.05, 0.1) is 16.7 Å². The summed E-state index contributed by atoms with van der Waals surface area (Å²) in [7, 11) is -3.70. The lowest BCUT2D eigenvalue weighted by atomic mass is 9.86. The van der Waals surface area contributed by atoms with Crippen molar-refractivity contribution >= 4 is 10.0 Å². The molecular formula is C20H29NO4S. The number of piperidine rings is 1. The molecule has 1 aliphatic carbocycles. The molecule has 2 fully saturated rings. The van der Waals surface area contributed by atoms with Crippen LogP contribution in [0.15, 0.2) is 40.4 Å². The minimum atomic E-state index is -3.70. The van der Waals surface area contributed by atoms with Crippen LogP contribution in [0.25, 0.3) is 0 Å². The van der Waals surface area contributed by atoms with Crippen LogP contribution in [0.5, 0.6) is 0 Å². The Bertz CT molecular complexity index is 749. The van der Waals surface area contributed by atoms with Crippen molar-refractivity contribution in [2.75, 3.05) is 13.2 Å². The first-order chi connectivity index (χ1) is 12.5. The fraction of sp³-hybridized carbons (Fsp3) is 0.600. The van der Waals surface area contributed by atoms with Gasteiger partial charge < -0.3 is 9.47 Å². The SMILES string of the molecule is CCOC1CCC(OCC)N(S(=O)(=O)c2ccc(C)cc2)C1=C1CCC1. The van der Waals surface area contributed by atoms with Gasteiger partial charge in [-0.2, -0.15) is 0 Å². The van der Waals surface area contributed by atoms with E-state index in [1.165, 1.54) is 9.88 Å². The average Bonchev–Trinajstić information content (AvgIpc) is 2.56. The summed E-state index contributed by atoms with van der Waals surface area (Å²) >= 11 is 0. The van der Waals surface area contributed by atoms with Crippen LogP contribution in [0.2, 0.25) is 0 Å². The third-order valence-electron chi connectivity index (χ3n) is 5.10. The summed E-state index contributed by atoms with van der Waals surface area (Å²) in [5.41, 5.74) is 3.06. The first kappa shape index (κ1) is 19.4. The predicted octanol–water partition coefficient (Wildman–Crippen LogP) is 3.99. The first-order valence-corrected chi connectivity index (χ1v) is 11.0. The van der Waals surface area contributed by atoms with E-state index in [1.807, 2.05) is 32.9 Å². The fourth-order valence-electron chi connectivity index (χ4n) is 3.65. The maximum atomic E-state index is 13.5. The summed E-state index contributed by atoms with van der Waals surface area (Å²) < 4.78 is 40.4. The van der Waals surface area contributed by atoms with Gasteiger partial charge in [-0.25, -0.2) is 12.7 Å². The molecule has 2 atom stereocenters. The maximum absolute atomic E-state index is 13.5. The molecule has 144 valence electrons. The van der Waals surface area contributed by atoms with Gasteiger partial charge in [-0.1, -0.05) is 17.7 Å². The number of allylic oxidation sites excluding steroid dienone is 1. The van der Waals surface area contributed by atoms with E-state index in [1.54, 1.807) is 12.1 Å². The van der Waals surface area contributed by atoms with Gasteiger partial charge >= 0.3 is 0 Å². The molecule has 26 heavy (non-hydrogen) atoms. The fourth-order valence-corrected chi connectivity index (χ4v) is 5.34. The molecule has 1 heterocycles. The van der Waals surface area contributed by atoms with Crippen LogP contribution in [0.1, 0.15) is 51.5 Å². The minimum Gasteiger partial charge on any atom is -0.372 e. The number of sulfonamides is 1. The molecule has 1 aromatic carbocycles. The van der Waals surface area contributed by atoms with E-state index in [0.29, 0.717) is 24.5 Å². The molecule has 1 saturated carbocycles. The van der Waals surface area contributed by atoms with Crippen molar-refractivity contribution < 1.29 is 17.9 Å². The highest BCUT2D eigenvalue weighted by Gasteiger charge is 2.43. The third-order valence-corrected chi connectivity index (χ3v) is 6.92. The second kappa shape index (κ2) is 8.11. The Morgan fingerprint density at radius 1 is 1.04 bits per heavy atom. The van der Waals surface area contributed by atoms with E-state index in [4.69, 9.17) is 9.47 Å². The molecule has 3 rings (SSSR count). The van der Waals surface area contributed by atoms with Crippen molar-refractivity contribution in [2.24, 2.45) is 0 Å². The van der Waals surface area contributed by atoms with Gasteiger partial charge in [0.2, 0.25) is 0 Å². The molecule has 6 heteroatoms. The number of benzene rings is 1. The molecule has 5 nitrogen and oxygen atoms in total. The molecule has 0 aromatic heterocycles. The monoisotopic (exact) mass is 379 g/mol. The number of hydrogen-bond donors (Lipinski definition) is 0. The molecular weight excluding hydrogens is 350 g/mol. The van der Waals surface area contributed by atoms with Gasteiger partial charge in [-0.05, 0) is 70.6 Å². The quantitative estimate of drug-likeness (QED) is 0.750. The zero-order chi connectivity index (χ0) is 18.7. The Morgan fingerprint density at radius 2 is 1.69 bits per heavy atom.